The van der Waals surface area contributed by atoms with E-state index < -0.39 is 6.10 Å². The highest BCUT2D eigenvalue weighted by Gasteiger charge is 2.15. The average molecular weight is 266 g/mol. The third-order valence-corrected chi connectivity index (χ3v) is 2.73. The summed E-state index contributed by atoms with van der Waals surface area (Å²) in [6.07, 6.45) is -0.551. The van der Waals surface area contributed by atoms with Gasteiger partial charge in [0.25, 0.3) is 5.91 Å². The molecule has 1 aromatic carbocycles. The molecule has 0 aromatic heterocycles. The van der Waals surface area contributed by atoms with Gasteiger partial charge in [-0.3, -0.25) is 4.79 Å². The van der Waals surface area contributed by atoms with E-state index in [1.54, 1.807) is 13.0 Å². The Morgan fingerprint density at radius 1 is 1.56 bits per heavy atom. The zero-order valence-corrected chi connectivity index (χ0v) is 11.6. The Labute approximate surface area is 113 Å². The van der Waals surface area contributed by atoms with Crippen LogP contribution in [0.1, 0.15) is 25.0 Å². The maximum absolute atomic E-state index is 11.6. The van der Waals surface area contributed by atoms with Crippen LogP contribution in [-0.4, -0.2) is 23.5 Å². The van der Waals surface area contributed by atoms with Crippen LogP contribution in [0.5, 0.6) is 5.75 Å². The van der Waals surface area contributed by atoms with Gasteiger partial charge in [-0.2, -0.15) is 0 Å². The Morgan fingerprint density at radius 3 is 2.78 bits per heavy atom. The number of likely N-dealkylation sites (N-methyl/N-ethyl adjacent to an activating group) is 1. The molecule has 0 saturated carbocycles. The Hall–Kier alpha value is -1.62. The van der Waals surface area contributed by atoms with Crippen LogP contribution in [0.15, 0.2) is 18.2 Å². The predicted molar refractivity (Wildman–Crippen MR) is 75.8 cm³/mol. The lowest BCUT2D eigenvalue weighted by Crippen LogP contribution is -2.36. The van der Waals surface area contributed by atoms with Crippen LogP contribution in [-0.2, 0) is 4.79 Å². The zero-order chi connectivity index (χ0) is 13.7. The van der Waals surface area contributed by atoms with E-state index in [0.717, 1.165) is 11.1 Å². The first-order valence-corrected chi connectivity index (χ1v) is 6.21. The number of carbonyl (C=O) groups excluding carboxylic acids is 1. The predicted octanol–water partition coefficient (Wildman–Crippen LogP) is 1.53. The zero-order valence-electron chi connectivity index (χ0n) is 10.8. The fraction of sp³-hybridized carbons (Fsp3) is 0.385. The van der Waals surface area contributed by atoms with Crippen LogP contribution in [0, 0.1) is 6.92 Å². The van der Waals surface area contributed by atoms with E-state index in [1.165, 1.54) is 0 Å². The number of amides is 1. The number of rotatable bonds is 5. The molecule has 5 heteroatoms. The number of aryl methyl sites for hydroxylation is 1. The van der Waals surface area contributed by atoms with Gasteiger partial charge in [-0.05, 0) is 32.4 Å². The number of nitrogens with one attached hydrogen (secondary N) is 1. The van der Waals surface area contributed by atoms with Crippen molar-refractivity contribution in [3.63, 3.8) is 0 Å². The standard InChI is InChI=1S/C13H18N2O2S/c1-4-15-13(16)9(3)17-11-7-10(12(14)18)6-5-8(11)2/h5-7,9H,4H2,1-3H3,(H2,14,18)(H,15,16). The van der Waals surface area contributed by atoms with Gasteiger partial charge in [0, 0.05) is 12.1 Å². The van der Waals surface area contributed by atoms with Crippen LogP contribution >= 0.6 is 12.2 Å². The highest BCUT2D eigenvalue weighted by molar-refractivity contribution is 7.80. The summed E-state index contributed by atoms with van der Waals surface area (Å²) in [5, 5.41) is 2.71. The number of hydrogen-bond acceptors (Lipinski definition) is 3. The van der Waals surface area contributed by atoms with E-state index in [9.17, 15) is 4.79 Å². The molecule has 18 heavy (non-hydrogen) atoms. The van der Waals surface area contributed by atoms with Crippen molar-refractivity contribution in [1.29, 1.82) is 0 Å². The molecule has 1 amide bonds. The molecule has 0 aliphatic heterocycles. The molecule has 1 atom stereocenters. The van der Waals surface area contributed by atoms with Gasteiger partial charge >= 0.3 is 0 Å². The Morgan fingerprint density at radius 2 is 2.22 bits per heavy atom. The number of thiocarbonyl (C=S) groups is 1. The monoisotopic (exact) mass is 266 g/mol. The smallest absolute Gasteiger partial charge is 0.260 e. The van der Waals surface area contributed by atoms with Crippen molar-refractivity contribution >= 4 is 23.1 Å². The molecule has 0 fully saturated rings. The fourth-order valence-electron chi connectivity index (χ4n) is 1.44. The molecule has 0 radical (unpaired) electrons. The molecule has 1 rings (SSSR count). The molecule has 0 spiro atoms. The summed E-state index contributed by atoms with van der Waals surface area (Å²) < 4.78 is 5.62. The summed E-state index contributed by atoms with van der Waals surface area (Å²) >= 11 is 4.91. The van der Waals surface area contributed by atoms with Gasteiger partial charge in [0.05, 0.1) is 0 Å². The maximum atomic E-state index is 11.6. The lowest BCUT2D eigenvalue weighted by molar-refractivity contribution is -0.127. The minimum absolute atomic E-state index is 0.141. The summed E-state index contributed by atoms with van der Waals surface area (Å²) in [5.41, 5.74) is 7.23. The second-order valence-corrected chi connectivity index (χ2v) is 4.44. The van der Waals surface area contributed by atoms with E-state index >= 15 is 0 Å². The highest BCUT2D eigenvalue weighted by Crippen LogP contribution is 2.21. The number of benzene rings is 1. The van der Waals surface area contributed by atoms with E-state index in [2.05, 4.69) is 5.32 Å². The molecular weight excluding hydrogens is 248 g/mol. The SMILES string of the molecule is CCNC(=O)C(C)Oc1cc(C(N)=S)ccc1C. The minimum Gasteiger partial charge on any atom is -0.481 e. The third kappa shape index (κ3) is 3.70. The topological polar surface area (TPSA) is 64.3 Å². The lowest BCUT2D eigenvalue weighted by atomic mass is 10.1. The van der Waals surface area contributed by atoms with E-state index in [-0.39, 0.29) is 5.91 Å². The Bertz CT molecular complexity index is 460. The summed E-state index contributed by atoms with van der Waals surface area (Å²) in [6.45, 7) is 6.06. The van der Waals surface area contributed by atoms with Gasteiger partial charge in [-0.15, -0.1) is 0 Å². The molecule has 98 valence electrons. The molecule has 0 aliphatic carbocycles. The van der Waals surface area contributed by atoms with Crippen LogP contribution in [0.25, 0.3) is 0 Å². The van der Waals surface area contributed by atoms with Gasteiger partial charge in [0.15, 0.2) is 6.10 Å². The molecule has 3 N–H and O–H groups in total. The number of ether oxygens (including phenoxy) is 1. The fourth-order valence-corrected chi connectivity index (χ4v) is 1.57. The van der Waals surface area contributed by atoms with Gasteiger partial charge in [0.1, 0.15) is 10.7 Å². The summed E-state index contributed by atoms with van der Waals surface area (Å²) in [4.78, 5) is 11.9. The first-order valence-electron chi connectivity index (χ1n) is 5.80. The van der Waals surface area contributed by atoms with Crippen molar-refractivity contribution in [2.75, 3.05) is 6.54 Å². The first-order chi connectivity index (χ1) is 8.45. The van der Waals surface area contributed by atoms with Crippen LogP contribution < -0.4 is 15.8 Å². The lowest BCUT2D eigenvalue weighted by Gasteiger charge is -2.16. The Balaban J connectivity index is 2.86. The quantitative estimate of drug-likeness (QED) is 0.793. The molecule has 0 aliphatic rings. The first kappa shape index (κ1) is 14.4. The molecule has 0 bridgehead atoms. The largest absolute Gasteiger partial charge is 0.481 e. The molecule has 1 aromatic rings. The van der Waals surface area contributed by atoms with Gasteiger partial charge in [0.2, 0.25) is 0 Å². The van der Waals surface area contributed by atoms with Crippen molar-refractivity contribution < 1.29 is 9.53 Å². The number of nitrogens with two attached hydrogens (primary N) is 1. The average Bonchev–Trinajstić information content (AvgIpc) is 2.31. The summed E-state index contributed by atoms with van der Waals surface area (Å²) in [6, 6.07) is 5.46. The maximum Gasteiger partial charge on any atom is 0.260 e. The third-order valence-electron chi connectivity index (χ3n) is 2.50. The molecule has 0 saturated heterocycles. The molecular formula is C13H18N2O2S. The summed E-state index contributed by atoms with van der Waals surface area (Å²) in [7, 11) is 0. The Kier molecular flexibility index (Phi) is 5.09. The van der Waals surface area contributed by atoms with E-state index in [4.69, 9.17) is 22.7 Å². The van der Waals surface area contributed by atoms with Crippen LogP contribution in [0.4, 0.5) is 0 Å². The van der Waals surface area contributed by atoms with E-state index in [1.807, 2.05) is 26.0 Å². The second-order valence-electron chi connectivity index (χ2n) is 4.00. The molecule has 1 unspecified atom stereocenters. The normalized spacial score (nSPS) is 11.7. The van der Waals surface area contributed by atoms with Crippen molar-refractivity contribution in [2.24, 2.45) is 5.73 Å². The number of hydrogen-bond donors (Lipinski definition) is 2. The highest BCUT2D eigenvalue weighted by atomic mass is 32.1. The second kappa shape index (κ2) is 6.35. The van der Waals surface area contributed by atoms with Crippen molar-refractivity contribution in [1.82, 2.24) is 5.32 Å². The minimum atomic E-state index is -0.551. The van der Waals surface area contributed by atoms with Gasteiger partial charge in [-0.25, -0.2) is 0 Å². The van der Waals surface area contributed by atoms with Gasteiger partial charge in [-0.1, -0.05) is 24.4 Å². The van der Waals surface area contributed by atoms with Crippen molar-refractivity contribution in [2.45, 2.75) is 26.9 Å². The van der Waals surface area contributed by atoms with E-state index in [0.29, 0.717) is 17.3 Å². The molecule has 4 nitrogen and oxygen atoms in total. The number of carbonyl (C=O) groups is 1. The van der Waals surface area contributed by atoms with Crippen LogP contribution in [0.2, 0.25) is 0 Å². The summed E-state index contributed by atoms with van der Waals surface area (Å²) in [5.74, 6) is 0.483. The van der Waals surface area contributed by atoms with Gasteiger partial charge < -0.3 is 15.8 Å². The van der Waals surface area contributed by atoms with Crippen molar-refractivity contribution in [3.05, 3.63) is 29.3 Å². The van der Waals surface area contributed by atoms with Crippen LogP contribution in [0.3, 0.4) is 0 Å². The van der Waals surface area contributed by atoms with Crippen molar-refractivity contribution in [3.8, 4) is 5.75 Å². The molecule has 0 heterocycles.